The molecule has 2 N–H and O–H groups in total. The maximum Gasteiger partial charge on any atom is 0.315 e. The van der Waals surface area contributed by atoms with E-state index in [2.05, 4.69) is 13.8 Å². The van der Waals surface area contributed by atoms with Crippen molar-refractivity contribution in [2.24, 2.45) is 11.1 Å². The third kappa shape index (κ3) is 3.67. The second-order valence-corrected chi connectivity index (χ2v) is 6.29. The van der Waals surface area contributed by atoms with E-state index in [0.29, 0.717) is 17.6 Å². The summed E-state index contributed by atoms with van der Waals surface area (Å²) < 4.78 is 4.92. The molecular weight excluding hydrogens is 222 g/mol. The van der Waals surface area contributed by atoms with Gasteiger partial charge in [-0.2, -0.15) is 0 Å². The number of thioether (sulfide) groups is 1. The first-order chi connectivity index (χ1) is 7.47. The molecule has 1 aliphatic rings. The summed E-state index contributed by atoms with van der Waals surface area (Å²) in [5.74, 6) is 0.311. The van der Waals surface area contributed by atoms with Gasteiger partial charge in [-0.3, -0.25) is 4.79 Å². The van der Waals surface area contributed by atoms with Crippen LogP contribution in [0.5, 0.6) is 0 Å². The predicted octanol–water partition coefficient (Wildman–Crippen LogP) is 2.19. The first-order valence-corrected chi connectivity index (χ1v) is 7.05. The van der Waals surface area contributed by atoms with Gasteiger partial charge in [-0.15, -0.1) is 11.8 Å². The van der Waals surface area contributed by atoms with E-state index in [1.807, 2.05) is 6.92 Å². The largest absolute Gasteiger partial charge is 0.465 e. The number of carbonyl (C=O) groups excluding carboxylic acids is 1. The van der Waals surface area contributed by atoms with Crippen molar-refractivity contribution in [1.82, 2.24) is 0 Å². The minimum atomic E-state index is -0.122. The summed E-state index contributed by atoms with van der Waals surface area (Å²) in [6.45, 7) is 6.73. The van der Waals surface area contributed by atoms with Crippen LogP contribution >= 0.6 is 11.8 Å². The van der Waals surface area contributed by atoms with E-state index < -0.39 is 0 Å². The summed E-state index contributed by atoms with van der Waals surface area (Å²) in [4.78, 5) is 11.3. The van der Waals surface area contributed by atoms with Gasteiger partial charge in [0.05, 0.1) is 12.4 Å². The molecule has 0 bridgehead atoms. The van der Waals surface area contributed by atoms with Crippen LogP contribution in [0.15, 0.2) is 0 Å². The van der Waals surface area contributed by atoms with Crippen LogP contribution in [0.2, 0.25) is 0 Å². The normalized spacial score (nSPS) is 28.8. The lowest BCUT2D eigenvalue weighted by Gasteiger charge is -2.41. The van der Waals surface area contributed by atoms with Crippen LogP contribution in [0.1, 0.15) is 40.0 Å². The third-order valence-corrected chi connectivity index (χ3v) is 4.69. The van der Waals surface area contributed by atoms with Gasteiger partial charge in [0, 0.05) is 11.3 Å². The fourth-order valence-electron chi connectivity index (χ4n) is 2.17. The Hall–Kier alpha value is -0.220. The standard InChI is InChI=1S/C12H23NO2S/c1-4-15-10(14)8-16-9-6-5-7-12(2,3)11(9)13/h9,11H,4-8,13H2,1-3H3. The van der Waals surface area contributed by atoms with Crippen LogP contribution in [0.25, 0.3) is 0 Å². The smallest absolute Gasteiger partial charge is 0.315 e. The number of hydrogen-bond donors (Lipinski definition) is 1. The Bertz CT molecular complexity index is 243. The Morgan fingerprint density at radius 2 is 2.25 bits per heavy atom. The van der Waals surface area contributed by atoms with Crippen molar-refractivity contribution < 1.29 is 9.53 Å². The van der Waals surface area contributed by atoms with E-state index in [1.165, 1.54) is 12.8 Å². The lowest BCUT2D eigenvalue weighted by Crippen LogP contribution is -2.48. The summed E-state index contributed by atoms with van der Waals surface area (Å²) in [7, 11) is 0. The topological polar surface area (TPSA) is 52.3 Å². The minimum absolute atomic E-state index is 0.122. The van der Waals surface area contributed by atoms with Crippen LogP contribution in [0.4, 0.5) is 0 Å². The molecule has 3 nitrogen and oxygen atoms in total. The molecular formula is C12H23NO2S. The zero-order chi connectivity index (χ0) is 12.2. The maximum atomic E-state index is 11.3. The third-order valence-electron chi connectivity index (χ3n) is 3.33. The molecule has 0 aromatic heterocycles. The average Bonchev–Trinajstić information content (AvgIpc) is 2.21. The number of hydrogen-bond acceptors (Lipinski definition) is 4. The van der Waals surface area contributed by atoms with Gasteiger partial charge >= 0.3 is 5.97 Å². The Morgan fingerprint density at radius 3 is 2.88 bits per heavy atom. The van der Waals surface area contributed by atoms with Gasteiger partial charge in [0.1, 0.15) is 0 Å². The molecule has 94 valence electrons. The Morgan fingerprint density at radius 1 is 1.56 bits per heavy atom. The molecule has 2 atom stereocenters. The Kier molecular flexibility index (Phi) is 5.12. The first kappa shape index (κ1) is 13.8. The maximum absolute atomic E-state index is 11.3. The molecule has 0 heterocycles. The van der Waals surface area contributed by atoms with E-state index in [1.54, 1.807) is 11.8 Å². The summed E-state index contributed by atoms with van der Waals surface area (Å²) in [6, 6.07) is 0.181. The first-order valence-electron chi connectivity index (χ1n) is 6.00. The molecule has 0 spiro atoms. The van der Waals surface area contributed by atoms with Crippen molar-refractivity contribution in [1.29, 1.82) is 0 Å². The molecule has 0 aromatic rings. The molecule has 1 fully saturated rings. The molecule has 1 saturated carbocycles. The zero-order valence-corrected chi connectivity index (χ0v) is 11.3. The zero-order valence-electron chi connectivity index (χ0n) is 10.5. The molecule has 0 saturated heterocycles. The molecule has 1 rings (SSSR count). The predicted molar refractivity (Wildman–Crippen MR) is 68.5 cm³/mol. The van der Waals surface area contributed by atoms with Crippen LogP contribution in [-0.4, -0.2) is 29.6 Å². The highest BCUT2D eigenvalue weighted by molar-refractivity contribution is 8.00. The quantitative estimate of drug-likeness (QED) is 0.771. The second kappa shape index (κ2) is 5.92. The van der Waals surface area contributed by atoms with Crippen molar-refractivity contribution in [3.05, 3.63) is 0 Å². The molecule has 0 aliphatic heterocycles. The highest BCUT2D eigenvalue weighted by Gasteiger charge is 2.36. The summed E-state index contributed by atoms with van der Waals surface area (Å²) in [5.41, 5.74) is 6.44. The summed E-state index contributed by atoms with van der Waals surface area (Å²) in [6.07, 6.45) is 3.51. The highest BCUT2D eigenvalue weighted by Crippen LogP contribution is 2.39. The van der Waals surface area contributed by atoms with Crippen molar-refractivity contribution in [2.45, 2.75) is 51.3 Å². The lowest BCUT2D eigenvalue weighted by molar-refractivity contribution is -0.139. The van der Waals surface area contributed by atoms with E-state index in [4.69, 9.17) is 10.5 Å². The molecule has 1 aliphatic carbocycles. The van der Waals surface area contributed by atoms with E-state index >= 15 is 0 Å². The van der Waals surface area contributed by atoms with Crippen molar-refractivity contribution in [3.8, 4) is 0 Å². The van der Waals surface area contributed by atoms with Crippen LogP contribution in [0.3, 0.4) is 0 Å². The van der Waals surface area contributed by atoms with E-state index in [9.17, 15) is 4.79 Å². The van der Waals surface area contributed by atoms with Crippen LogP contribution in [0, 0.1) is 5.41 Å². The molecule has 0 radical (unpaired) electrons. The molecule has 4 heteroatoms. The van der Waals surface area contributed by atoms with Crippen molar-refractivity contribution in [3.63, 3.8) is 0 Å². The van der Waals surface area contributed by atoms with Crippen molar-refractivity contribution in [2.75, 3.05) is 12.4 Å². The highest BCUT2D eigenvalue weighted by atomic mass is 32.2. The summed E-state index contributed by atoms with van der Waals surface area (Å²) in [5, 5.41) is 0.396. The molecule has 0 aromatic carbocycles. The van der Waals surface area contributed by atoms with Gasteiger partial charge in [-0.05, 0) is 25.2 Å². The van der Waals surface area contributed by atoms with Crippen molar-refractivity contribution >= 4 is 17.7 Å². The van der Waals surface area contributed by atoms with Gasteiger partial charge in [0.25, 0.3) is 0 Å². The van der Waals surface area contributed by atoms with Gasteiger partial charge in [0.2, 0.25) is 0 Å². The van der Waals surface area contributed by atoms with Gasteiger partial charge in [0.15, 0.2) is 0 Å². The van der Waals surface area contributed by atoms with Gasteiger partial charge in [-0.1, -0.05) is 20.3 Å². The monoisotopic (exact) mass is 245 g/mol. The molecule has 0 amide bonds. The fraction of sp³-hybridized carbons (Fsp3) is 0.917. The van der Waals surface area contributed by atoms with E-state index in [-0.39, 0.29) is 17.4 Å². The Labute approximate surface area is 102 Å². The van der Waals surface area contributed by atoms with Crippen LogP contribution in [-0.2, 0) is 9.53 Å². The molecule has 2 unspecified atom stereocenters. The summed E-state index contributed by atoms with van der Waals surface area (Å²) >= 11 is 1.66. The number of rotatable bonds is 4. The van der Waals surface area contributed by atoms with E-state index in [0.717, 1.165) is 6.42 Å². The van der Waals surface area contributed by atoms with Gasteiger partial charge in [-0.25, -0.2) is 0 Å². The number of nitrogens with two attached hydrogens (primary N) is 1. The Balaban J connectivity index is 2.39. The SMILES string of the molecule is CCOC(=O)CSC1CCCC(C)(C)C1N. The fourth-order valence-corrected chi connectivity index (χ4v) is 3.52. The molecule has 16 heavy (non-hydrogen) atoms. The average molecular weight is 245 g/mol. The number of ether oxygens (including phenoxy) is 1. The minimum Gasteiger partial charge on any atom is -0.465 e. The second-order valence-electron chi connectivity index (χ2n) is 5.06. The number of esters is 1. The van der Waals surface area contributed by atoms with Crippen LogP contribution < -0.4 is 5.73 Å². The number of carbonyl (C=O) groups is 1. The lowest BCUT2D eigenvalue weighted by atomic mass is 9.73. The van der Waals surface area contributed by atoms with Gasteiger partial charge < -0.3 is 10.5 Å².